The fraction of sp³-hybridized carbons (Fsp3) is 0.688. The minimum Gasteiger partial charge on any atom is -0.331 e. The molecule has 0 aliphatic carbocycles. The minimum atomic E-state index is -0.183. The van der Waals surface area contributed by atoms with E-state index in [4.69, 9.17) is 0 Å². The van der Waals surface area contributed by atoms with Crippen LogP contribution in [0.1, 0.15) is 59.3 Å². The lowest BCUT2D eigenvalue weighted by atomic mass is 10.1. The molecule has 1 aromatic heterocycles. The van der Waals surface area contributed by atoms with Crippen LogP contribution in [0.25, 0.3) is 0 Å². The zero-order chi connectivity index (χ0) is 16.4. The first-order chi connectivity index (χ1) is 10.6. The second kappa shape index (κ2) is 10.3. The molecule has 0 saturated carbocycles. The van der Waals surface area contributed by atoms with Gasteiger partial charge in [0.15, 0.2) is 5.13 Å². The fourth-order valence-electron chi connectivity index (χ4n) is 2.16. The molecule has 0 aliphatic rings. The summed E-state index contributed by atoms with van der Waals surface area (Å²) in [6, 6.07) is 0.0701. The number of nitrogens with zero attached hydrogens (tertiary/aromatic N) is 2. The molecule has 1 rings (SSSR count). The van der Waals surface area contributed by atoms with Gasteiger partial charge in [0.2, 0.25) is 11.8 Å². The zero-order valence-electron chi connectivity index (χ0n) is 13.8. The standard InChI is InChI=1S/C16H27N3O2S/c1-4-6-7-8-9-15(21)19(13(3)5-2)12-14(20)18-16-17-10-11-22-16/h10-11,13H,4-9,12H2,1-3H3,(H,17,18,20)/t13-/m0/s1. The van der Waals surface area contributed by atoms with Crippen molar-refractivity contribution in [3.63, 3.8) is 0 Å². The number of hydrogen-bond donors (Lipinski definition) is 1. The van der Waals surface area contributed by atoms with Gasteiger partial charge in [-0.15, -0.1) is 11.3 Å². The van der Waals surface area contributed by atoms with Crippen LogP contribution >= 0.6 is 11.3 Å². The molecule has 0 radical (unpaired) electrons. The van der Waals surface area contributed by atoms with E-state index in [1.165, 1.54) is 11.3 Å². The number of aromatic nitrogens is 1. The lowest BCUT2D eigenvalue weighted by Gasteiger charge is -2.28. The molecule has 6 heteroatoms. The van der Waals surface area contributed by atoms with Crippen LogP contribution in [-0.2, 0) is 9.59 Å². The normalized spacial score (nSPS) is 12.0. The quantitative estimate of drug-likeness (QED) is 0.668. The summed E-state index contributed by atoms with van der Waals surface area (Å²) in [5.74, 6) is -0.114. The SMILES string of the molecule is CCCCCCC(=O)N(CC(=O)Nc1nccs1)[C@@H](C)CC. The Bertz CT molecular complexity index is 448. The summed E-state index contributed by atoms with van der Waals surface area (Å²) in [7, 11) is 0. The van der Waals surface area contributed by atoms with Crippen molar-refractivity contribution in [3.8, 4) is 0 Å². The Hall–Kier alpha value is -1.43. The van der Waals surface area contributed by atoms with Crippen LogP contribution in [-0.4, -0.2) is 34.3 Å². The number of unbranched alkanes of at least 4 members (excludes halogenated alkanes) is 3. The second-order valence-electron chi connectivity index (χ2n) is 5.48. The molecule has 5 nitrogen and oxygen atoms in total. The predicted octanol–water partition coefficient (Wildman–Crippen LogP) is 3.68. The number of carbonyl (C=O) groups is 2. The average molecular weight is 325 g/mol. The lowest BCUT2D eigenvalue weighted by Crippen LogP contribution is -2.43. The highest BCUT2D eigenvalue weighted by molar-refractivity contribution is 7.13. The van der Waals surface area contributed by atoms with Crippen molar-refractivity contribution in [3.05, 3.63) is 11.6 Å². The molecule has 0 unspecified atom stereocenters. The second-order valence-corrected chi connectivity index (χ2v) is 6.37. The Balaban J connectivity index is 2.52. The number of anilines is 1. The molecule has 0 fully saturated rings. The zero-order valence-corrected chi connectivity index (χ0v) is 14.6. The molecule has 0 aliphatic heterocycles. The summed E-state index contributed by atoms with van der Waals surface area (Å²) >= 11 is 1.37. The summed E-state index contributed by atoms with van der Waals surface area (Å²) in [4.78, 5) is 30.2. The largest absolute Gasteiger partial charge is 0.331 e. The van der Waals surface area contributed by atoms with E-state index in [1.807, 2.05) is 13.8 Å². The molecule has 0 spiro atoms. The van der Waals surface area contributed by atoms with Crippen molar-refractivity contribution in [1.82, 2.24) is 9.88 Å². The van der Waals surface area contributed by atoms with Crippen LogP contribution in [0.3, 0.4) is 0 Å². The molecular weight excluding hydrogens is 298 g/mol. The monoisotopic (exact) mass is 325 g/mol. The smallest absolute Gasteiger partial charge is 0.245 e. The summed E-state index contributed by atoms with van der Waals surface area (Å²) in [5.41, 5.74) is 0. The molecule has 1 aromatic rings. The fourth-order valence-corrected chi connectivity index (χ4v) is 2.70. The van der Waals surface area contributed by atoms with Crippen molar-refractivity contribution in [2.45, 2.75) is 65.3 Å². The van der Waals surface area contributed by atoms with Gasteiger partial charge in [0.25, 0.3) is 0 Å². The maximum absolute atomic E-state index is 12.4. The highest BCUT2D eigenvalue weighted by Gasteiger charge is 2.21. The molecule has 0 saturated heterocycles. The van der Waals surface area contributed by atoms with Crippen molar-refractivity contribution < 1.29 is 9.59 Å². The Labute approximate surface area is 137 Å². The average Bonchev–Trinajstić information content (AvgIpc) is 3.01. The van der Waals surface area contributed by atoms with Crippen LogP contribution < -0.4 is 5.32 Å². The van der Waals surface area contributed by atoms with Gasteiger partial charge < -0.3 is 10.2 Å². The first kappa shape index (κ1) is 18.6. The third-order valence-corrected chi connectivity index (χ3v) is 4.37. The summed E-state index contributed by atoms with van der Waals surface area (Å²) in [6.45, 7) is 6.26. The Morgan fingerprint density at radius 2 is 2.09 bits per heavy atom. The number of nitrogens with one attached hydrogen (secondary N) is 1. The number of amides is 2. The molecule has 22 heavy (non-hydrogen) atoms. The van der Waals surface area contributed by atoms with Crippen molar-refractivity contribution >= 4 is 28.3 Å². The molecule has 1 N–H and O–H groups in total. The molecule has 1 heterocycles. The van der Waals surface area contributed by atoms with Crippen LogP contribution in [0, 0.1) is 0 Å². The van der Waals surface area contributed by atoms with E-state index in [-0.39, 0.29) is 24.4 Å². The van der Waals surface area contributed by atoms with Crippen LogP contribution in [0.5, 0.6) is 0 Å². The highest BCUT2D eigenvalue weighted by Crippen LogP contribution is 2.13. The van der Waals surface area contributed by atoms with E-state index in [1.54, 1.807) is 16.5 Å². The van der Waals surface area contributed by atoms with E-state index in [0.717, 1.165) is 32.1 Å². The molecule has 0 bridgehead atoms. The third kappa shape index (κ3) is 6.56. The van der Waals surface area contributed by atoms with Gasteiger partial charge in [-0.1, -0.05) is 33.1 Å². The summed E-state index contributed by atoms with van der Waals surface area (Å²) in [6.07, 6.45) is 7.28. The Morgan fingerprint density at radius 1 is 1.32 bits per heavy atom. The third-order valence-electron chi connectivity index (χ3n) is 3.68. The van der Waals surface area contributed by atoms with Crippen molar-refractivity contribution in [2.75, 3.05) is 11.9 Å². The van der Waals surface area contributed by atoms with Gasteiger partial charge in [0.1, 0.15) is 6.54 Å². The topological polar surface area (TPSA) is 62.3 Å². The van der Waals surface area contributed by atoms with E-state index >= 15 is 0 Å². The van der Waals surface area contributed by atoms with Gasteiger partial charge in [-0.3, -0.25) is 9.59 Å². The van der Waals surface area contributed by atoms with Gasteiger partial charge in [-0.2, -0.15) is 0 Å². The lowest BCUT2D eigenvalue weighted by molar-refractivity contribution is -0.136. The number of hydrogen-bond acceptors (Lipinski definition) is 4. The van der Waals surface area contributed by atoms with Crippen LogP contribution in [0.4, 0.5) is 5.13 Å². The number of rotatable bonds is 10. The molecule has 124 valence electrons. The van der Waals surface area contributed by atoms with Gasteiger partial charge >= 0.3 is 0 Å². The van der Waals surface area contributed by atoms with E-state index in [0.29, 0.717) is 11.6 Å². The molecular formula is C16H27N3O2S. The van der Waals surface area contributed by atoms with Gasteiger partial charge in [0, 0.05) is 24.0 Å². The Morgan fingerprint density at radius 3 is 2.68 bits per heavy atom. The van der Waals surface area contributed by atoms with Crippen molar-refractivity contribution in [1.29, 1.82) is 0 Å². The maximum Gasteiger partial charge on any atom is 0.245 e. The van der Waals surface area contributed by atoms with E-state index < -0.39 is 0 Å². The van der Waals surface area contributed by atoms with Gasteiger partial charge in [-0.25, -0.2) is 4.98 Å². The maximum atomic E-state index is 12.4. The molecule has 0 aromatic carbocycles. The molecule has 2 amide bonds. The van der Waals surface area contributed by atoms with E-state index in [9.17, 15) is 9.59 Å². The molecule has 1 atom stereocenters. The number of carbonyl (C=O) groups excluding carboxylic acids is 2. The van der Waals surface area contributed by atoms with E-state index in [2.05, 4.69) is 17.2 Å². The summed E-state index contributed by atoms with van der Waals surface area (Å²) in [5, 5.41) is 5.12. The van der Waals surface area contributed by atoms with Crippen LogP contribution in [0.2, 0.25) is 0 Å². The number of thiazole rings is 1. The van der Waals surface area contributed by atoms with Gasteiger partial charge in [0.05, 0.1) is 0 Å². The first-order valence-corrected chi connectivity index (χ1v) is 8.95. The van der Waals surface area contributed by atoms with Gasteiger partial charge in [-0.05, 0) is 19.8 Å². The summed E-state index contributed by atoms with van der Waals surface area (Å²) < 4.78 is 0. The Kier molecular flexibility index (Phi) is 8.74. The van der Waals surface area contributed by atoms with Crippen LogP contribution in [0.15, 0.2) is 11.6 Å². The first-order valence-electron chi connectivity index (χ1n) is 8.07. The minimum absolute atomic E-state index is 0.0692. The highest BCUT2D eigenvalue weighted by atomic mass is 32.1. The van der Waals surface area contributed by atoms with Crippen molar-refractivity contribution in [2.24, 2.45) is 0 Å². The predicted molar refractivity (Wildman–Crippen MR) is 91.0 cm³/mol.